The van der Waals surface area contributed by atoms with Crippen LogP contribution in [0.5, 0.6) is 0 Å². The minimum absolute atomic E-state index is 0.0765. The Morgan fingerprint density at radius 1 is 1.35 bits per heavy atom. The number of aromatic nitrogens is 3. The minimum Gasteiger partial charge on any atom is -0.381 e. The van der Waals surface area contributed by atoms with Crippen molar-refractivity contribution < 1.29 is 4.74 Å². The fraction of sp³-hybridized carbons (Fsp3) is 0.833. The molecular weight excluding hydrogens is 216 g/mol. The summed E-state index contributed by atoms with van der Waals surface area (Å²) in [7, 11) is 0. The monoisotopic (exact) mass is 236 g/mol. The normalized spacial score (nSPS) is 29.0. The number of nitrogens with two attached hydrogens (primary N) is 1. The quantitative estimate of drug-likeness (QED) is 0.833. The van der Waals surface area contributed by atoms with Gasteiger partial charge in [-0.3, -0.25) is 0 Å². The molecule has 0 amide bonds. The third kappa shape index (κ3) is 2.35. The highest BCUT2D eigenvalue weighted by Crippen LogP contribution is 2.22. The number of hydrogen-bond acceptors (Lipinski definition) is 4. The summed E-state index contributed by atoms with van der Waals surface area (Å²) in [5.74, 6) is 2.51. The molecule has 17 heavy (non-hydrogen) atoms. The second-order valence-corrected chi connectivity index (χ2v) is 5.15. The van der Waals surface area contributed by atoms with Crippen LogP contribution in [0.15, 0.2) is 0 Å². The van der Waals surface area contributed by atoms with E-state index < -0.39 is 0 Å². The Labute approximate surface area is 101 Å². The maximum absolute atomic E-state index is 6.04. The van der Waals surface area contributed by atoms with E-state index in [9.17, 15) is 0 Å². The molecule has 0 aliphatic carbocycles. The van der Waals surface area contributed by atoms with Crippen LogP contribution in [0.25, 0.3) is 0 Å². The van der Waals surface area contributed by atoms with E-state index in [1.54, 1.807) is 0 Å². The largest absolute Gasteiger partial charge is 0.381 e. The van der Waals surface area contributed by atoms with Gasteiger partial charge in [-0.25, -0.2) is 9.67 Å². The van der Waals surface area contributed by atoms with Gasteiger partial charge in [0.25, 0.3) is 0 Å². The van der Waals surface area contributed by atoms with E-state index in [2.05, 4.69) is 10.1 Å². The average molecular weight is 236 g/mol. The van der Waals surface area contributed by atoms with Crippen molar-refractivity contribution in [1.29, 1.82) is 0 Å². The summed E-state index contributed by atoms with van der Waals surface area (Å²) < 4.78 is 7.48. The van der Waals surface area contributed by atoms with Gasteiger partial charge in [-0.15, -0.1) is 0 Å². The first kappa shape index (κ1) is 11.2. The van der Waals surface area contributed by atoms with Crippen molar-refractivity contribution >= 4 is 0 Å². The molecule has 3 heterocycles. The van der Waals surface area contributed by atoms with Gasteiger partial charge in [-0.1, -0.05) is 0 Å². The Morgan fingerprint density at radius 3 is 3.06 bits per heavy atom. The van der Waals surface area contributed by atoms with Crippen LogP contribution >= 0.6 is 0 Å². The molecule has 0 spiro atoms. The molecule has 2 N–H and O–H groups in total. The first-order valence-electron chi connectivity index (χ1n) is 6.60. The molecule has 1 aromatic heterocycles. The molecule has 2 unspecified atom stereocenters. The van der Waals surface area contributed by atoms with Crippen molar-refractivity contribution in [2.75, 3.05) is 13.2 Å². The summed E-state index contributed by atoms with van der Waals surface area (Å²) in [6.45, 7) is 2.74. The van der Waals surface area contributed by atoms with Crippen LogP contribution in [0, 0.1) is 5.92 Å². The summed E-state index contributed by atoms with van der Waals surface area (Å²) in [5, 5.41) is 4.57. The molecular formula is C12H20N4O. The lowest BCUT2D eigenvalue weighted by molar-refractivity contribution is 0.0543. The van der Waals surface area contributed by atoms with Crippen LogP contribution in [-0.4, -0.2) is 28.0 Å². The number of aryl methyl sites for hydroxylation is 1. The van der Waals surface area contributed by atoms with Crippen LogP contribution < -0.4 is 5.73 Å². The highest BCUT2D eigenvalue weighted by molar-refractivity contribution is 5.01. The Balaban J connectivity index is 1.71. The van der Waals surface area contributed by atoms with Crippen LogP contribution in [0.3, 0.4) is 0 Å². The Morgan fingerprint density at radius 2 is 2.29 bits per heavy atom. The standard InChI is InChI=1S/C12H20N4O/c13-10-4-1-5-16-12(10)14-11(15-16)7-9-3-2-6-17-8-9/h9-10H,1-8,13H2. The molecule has 2 aliphatic rings. The zero-order valence-electron chi connectivity index (χ0n) is 10.1. The van der Waals surface area contributed by atoms with Gasteiger partial charge in [-0.2, -0.15) is 5.10 Å². The first-order chi connectivity index (χ1) is 8.33. The number of hydrogen-bond donors (Lipinski definition) is 1. The lowest BCUT2D eigenvalue weighted by Gasteiger charge is -2.20. The van der Waals surface area contributed by atoms with E-state index in [1.807, 2.05) is 4.68 Å². The molecule has 1 aromatic rings. The van der Waals surface area contributed by atoms with Crippen molar-refractivity contribution in [2.24, 2.45) is 11.7 Å². The lowest BCUT2D eigenvalue weighted by atomic mass is 9.98. The Hall–Kier alpha value is -0.940. The summed E-state index contributed by atoms with van der Waals surface area (Å²) in [4.78, 5) is 4.60. The topological polar surface area (TPSA) is 66.0 Å². The van der Waals surface area contributed by atoms with Gasteiger partial charge in [0.15, 0.2) is 5.82 Å². The fourth-order valence-electron chi connectivity index (χ4n) is 2.74. The Bertz CT molecular complexity index is 384. The maximum atomic E-state index is 6.04. The SMILES string of the molecule is NC1CCCn2nc(CC3CCCOC3)nc21. The van der Waals surface area contributed by atoms with Gasteiger partial charge in [0.1, 0.15) is 5.82 Å². The minimum atomic E-state index is 0.0765. The zero-order chi connectivity index (χ0) is 11.7. The molecule has 0 radical (unpaired) electrons. The molecule has 1 saturated heterocycles. The van der Waals surface area contributed by atoms with Gasteiger partial charge in [0, 0.05) is 26.2 Å². The van der Waals surface area contributed by atoms with E-state index in [4.69, 9.17) is 10.5 Å². The molecule has 0 bridgehead atoms. The van der Waals surface area contributed by atoms with Gasteiger partial charge in [0.05, 0.1) is 6.04 Å². The highest BCUT2D eigenvalue weighted by Gasteiger charge is 2.23. The number of fused-ring (bicyclic) bond motifs is 1. The van der Waals surface area contributed by atoms with Crippen LogP contribution in [0.4, 0.5) is 0 Å². The van der Waals surface area contributed by atoms with E-state index in [0.29, 0.717) is 5.92 Å². The van der Waals surface area contributed by atoms with E-state index in [0.717, 1.165) is 57.1 Å². The van der Waals surface area contributed by atoms with Crippen molar-refractivity contribution in [3.05, 3.63) is 11.6 Å². The molecule has 0 saturated carbocycles. The Kier molecular flexibility index (Phi) is 3.11. The van der Waals surface area contributed by atoms with E-state index >= 15 is 0 Å². The highest BCUT2D eigenvalue weighted by atomic mass is 16.5. The van der Waals surface area contributed by atoms with E-state index in [1.165, 1.54) is 6.42 Å². The van der Waals surface area contributed by atoms with Crippen molar-refractivity contribution in [2.45, 2.75) is 44.7 Å². The first-order valence-corrected chi connectivity index (χ1v) is 6.60. The predicted octanol–water partition coefficient (Wildman–Crippen LogP) is 1.04. The van der Waals surface area contributed by atoms with Crippen molar-refractivity contribution in [3.63, 3.8) is 0 Å². The molecule has 2 aliphatic heterocycles. The average Bonchev–Trinajstić information content (AvgIpc) is 2.74. The van der Waals surface area contributed by atoms with Crippen molar-refractivity contribution in [3.8, 4) is 0 Å². The van der Waals surface area contributed by atoms with Gasteiger partial charge in [-0.05, 0) is 31.6 Å². The second-order valence-electron chi connectivity index (χ2n) is 5.15. The van der Waals surface area contributed by atoms with E-state index in [-0.39, 0.29) is 6.04 Å². The number of ether oxygens (including phenoxy) is 1. The molecule has 5 nitrogen and oxygen atoms in total. The zero-order valence-corrected chi connectivity index (χ0v) is 10.1. The smallest absolute Gasteiger partial charge is 0.151 e. The van der Waals surface area contributed by atoms with Crippen LogP contribution in [-0.2, 0) is 17.7 Å². The van der Waals surface area contributed by atoms with Gasteiger partial charge >= 0.3 is 0 Å². The molecule has 5 heteroatoms. The molecule has 3 rings (SSSR count). The van der Waals surface area contributed by atoms with Crippen LogP contribution in [0.1, 0.15) is 43.4 Å². The number of nitrogens with zero attached hydrogens (tertiary/aromatic N) is 3. The van der Waals surface area contributed by atoms with Gasteiger partial charge in [0.2, 0.25) is 0 Å². The summed E-state index contributed by atoms with van der Waals surface area (Å²) in [5.41, 5.74) is 6.04. The third-order valence-electron chi connectivity index (χ3n) is 3.69. The second kappa shape index (κ2) is 4.74. The lowest BCUT2D eigenvalue weighted by Crippen LogP contribution is -2.22. The summed E-state index contributed by atoms with van der Waals surface area (Å²) in [6, 6.07) is 0.0765. The molecule has 1 fully saturated rings. The summed E-state index contributed by atoms with van der Waals surface area (Å²) >= 11 is 0. The predicted molar refractivity (Wildman–Crippen MR) is 63.4 cm³/mol. The number of rotatable bonds is 2. The fourth-order valence-corrected chi connectivity index (χ4v) is 2.74. The van der Waals surface area contributed by atoms with Gasteiger partial charge < -0.3 is 10.5 Å². The molecule has 94 valence electrons. The van der Waals surface area contributed by atoms with Crippen molar-refractivity contribution in [1.82, 2.24) is 14.8 Å². The summed E-state index contributed by atoms with van der Waals surface area (Å²) in [6.07, 6.45) is 5.48. The molecule has 0 aromatic carbocycles. The third-order valence-corrected chi connectivity index (χ3v) is 3.69. The molecule has 2 atom stereocenters. The van der Waals surface area contributed by atoms with Crippen LogP contribution in [0.2, 0.25) is 0 Å². The maximum Gasteiger partial charge on any atom is 0.151 e.